The van der Waals surface area contributed by atoms with Crippen LogP contribution in [0.15, 0.2) is 68.9 Å². The van der Waals surface area contributed by atoms with Crippen molar-refractivity contribution in [3.05, 3.63) is 92.5 Å². The normalized spacial score (nSPS) is 14.7. The lowest BCUT2D eigenvalue weighted by atomic mass is 10.1. The molecule has 1 saturated heterocycles. The zero-order valence-corrected chi connectivity index (χ0v) is 25.3. The van der Waals surface area contributed by atoms with E-state index in [1.165, 1.54) is 29.3 Å². The minimum absolute atomic E-state index is 0.0640. The summed E-state index contributed by atoms with van der Waals surface area (Å²) in [5.74, 6) is 1.46. The number of fused-ring (bicyclic) bond motifs is 1. The van der Waals surface area contributed by atoms with E-state index in [0.717, 1.165) is 24.0 Å². The van der Waals surface area contributed by atoms with Crippen LogP contribution < -0.4 is 20.7 Å². The van der Waals surface area contributed by atoms with Crippen LogP contribution in [0.1, 0.15) is 35.6 Å². The Morgan fingerprint density at radius 1 is 1.05 bits per heavy atom. The van der Waals surface area contributed by atoms with E-state index in [1.54, 1.807) is 30.0 Å². The summed E-state index contributed by atoms with van der Waals surface area (Å²) in [6.07, 6.45) is 3.90. The van der Waals surface area contributed by atoms with Gasteiger partial charge in [-0.25, -0.2) is 14.3 Å². The van der Waals surface area contributed by atoms with Crippen LogP contribution in [0.3, 0.4) is 0 Å². The Bertz CT molecular complexity index is 1870. The molecular formula is C32H33N3O7S. The van der Waals surface area contributed by atoms with E-state index in [0.29, 0.717) is 56.9 Å². The van der Waals surface area contributed by atoms with Crippen molar-refractivity contribution in [1.29, 1.82) is 0 Å². The first-order valence-corrected chi connectivity index (χ1v) is 14.9. The van der Waals surface area contributed by atoms with Gasteiger partial charge in [0.2, 0.25) is 5.89 Å². The van der Waals surface area contributed by atoms with Gasteiger partial charge >= 0.3 is 5.69 Å². The number of benzene rings is 2. The molecule has 1 fully saturated rings. The van der Waals surface area contributed by atoms with Gasteiger partial charge in [0.05, 0.1) is 49.0 Å². The molecule has 0 spiro atoms. The number of rotatable bonds is 9. The Morgan fingerprint density at radius 2 is 1.81 bits per heavy atom. The lowest BCUT2D eigenvalue weighted by molar-refractivity contribution is -0.0752. The summed E-state index contributed by atoms with van der Waals surface area (Å²) in [5, 5.41) is 0.408. The predicted octanol–water partition coefficient (Wildman–Crippen LogP) is 5.44. The molecule has 5 aromatic rings. The summed E-state index contributed by atoms with van der Waals surface area (Å²) >= 11 is 1.30. The number of aryl methyl sites for hydroxylation is 2. The van der Waals surface area contributed by atoms with Crippen molar-refractivity contribution in [1.82, 2.24) is 14.1 Å². The van der Waals surface area contributed by atoms with Crippen LogP contribution in [-0.2, 0) is 16.0 Å². The molecule has 1 unspecified atom stereocenters. The molecule has 3 aromatic heterocycles. The summed E-state index contributed by atoms with van der Waals surface area (Å²) in [6.45, 7) is 5.12. The zero-order valence-electron chi connectivity index (χ0n) is 24.5. The van der Waals surface area contributed by atoms with E-state index >= 15 is 0 Å². The van der Waals surface area contributed by atoms with Gasteiger partial charge in [0.1, 0.15) is 28.7 Å². The van der Waals surface area contributed by atoms with E-state index < -0.39 is 17.4 Å². The quantitative estimate of drug-likeness (QED) is 0.219. The van der Waals surface area contributed by atoms with Crippen molar-refractivity contribution in [2.24, 2.45) is 0 Å². The van der Waals surface area contributed by atoms with Gasteiger partial charge in [-0.15, -0.1) is 11.3 Å². The Kier molecular flexibility index (Phi) is 8.20. The molecule has 0 amide bonds. The molecule has 4 heterocycles. The molecule has 6 rings (SSSR count). The standard InChI is InChI=1S/C32H33N3O7S/c1-19-9-10-23(25(17-19)39-4)35-30(36)27-20(2)28(29-33-13-16-41-29)43-31(27)34(32(35)37)18-26(42-21-11-14-40-15-12-21)22-7-5-6-8-24(22)38-3/h5-10,13,16-17,21,26H,11-12,14-15,18H2,1-4H3. The fourth-order valence-corrected chi connectivity index (χ4v) is 6.83. The highest BCUT2D eigenvalue weighted by atomic mass is 32.1. The number of thiophene rings is 1. The second-order valence-corrected chi connectivity index (χ2v) is 11.5. The largest absolute Gasteiger partial charge is 0.496 e. The van der Waals surface area contributed by atoms with Crippen molar-refractivity contribution >= 4 is 21.6 Å². The second-order valence-electron chi connectivity index (χ2n) is 10.5. The maximum atomic E-state index is 14.5. The highest BCUT2D eigenvalue weighted by Gasteiger charge is 2.29. The summed E-state index contributed by atoms with van der Waals surface area (Å²) in [4.78, 5) is 34.2. The van der Waals surface area contributed by atoms with Crippen molar-refractivity contribution in [2.45, 2.75) is 45.4 Å². The maximum absolute atomic E-state index is 14.5. The Morgan fingerprint density at radius 3 is 2.53 bits per heavy atom. The van der Waals surface area contributed by atoms with E-state index in [1.807, 2.05) is 44.2 Å². The molecular weight excluding hydrogens is 570 g/mol. The third-order valence-corrected chi connectivity index (χ3v) is 9.08. The number of hydrogen-bond donors (Lipinski definition) is 0. The number of oxazole rings is 1. The lowest BCUT2D eigenvalue weighted by Gasteiger charge is -2.29. The van der Waals surface area contributed by atoms with E-state index in [2.05, 4.69) is 4.98 Å². The van der Waals surface area contributed by atoms with Gasteiger partial charge in [0.25, 0.3) is 5.56 Å². The highest BCUT2D eigenvalue weighted by Crippen LogP contribution is 2.38. The third kappa shape index (κ3) is 5.39. The summed E-state index contributed by atoms with van der Waals surface area (Å²) in [6, 6.07) is 13.0. The number of ether oxygens (including phenoxy) is 4. The molecule has 2 aromatic carbocycles. The average molecular weight is 604 g/mol. The van der Waals surface area contributed by atoms with Gasteiger partial charge < -0.3 is 23.4 Å². The molecule has 1 aliphatic rings. The molecule has 0 N–H and O–H groups in total. The number of para-hydroxylation sites is 1. The Labute approximate surface area is 252 Å². The van der Waals surface area contributed by atoms with Crippen molar-refractivity contribution < 1.29 is 23.4 Å². The smallest absolute Gasteiger partial charge is 0.336 e. The topological polar surface area (TPSA) is 107 Å². The maximum Gasteiger partial charge on any atom is 0.336 e. The minimum Gasteiger partial charge on any atom is -0.496 e. The molecule has 1 aliphatic heterocycles. The van der Waals surface area contributed by atoms with Crippen LogP contribution >= 0.6 is 11.3 Å². The summed E-state index contributed by atoms with van der Waals surface area (Å²) < 4.78 is 32.1. The Balaban J connectivity index is 1.61. The van der Waals surface area contributed by atoms with Gasteiger partial charge in [-0.3, -0.25) is 9.36 Å². The first kappa shape index (κ1) is 28.9. The summed E-state index contributed by atoms with van der Waals surface area (Å²) in [7, 11) is 3.14. The van der Waals surface area contributed by atoms with Crippen molar-refractivity contribution in [2.75, 3.05) is 27.4 Å². The SMILES string of the molecule is COc1ccccc1C(Cn1c(=O)n(-c2ccc(C)cc2OC)c(=O)c2c(C)c(-c3ncco3)sc21)OC1CCOCC1. The van der Waals surface area contributed by atoms with Crippen LogP contribution in [0.2, 0.25) is 0 Å². The van der Waals surface area contributed by atoms with Gasteiger partial charge in [0, 0.05) is 18.8 Å². The molecule has 1 atom stereocenters. The highest BCUT2D eigenvalue weighted by molar-refractivity contribution is 7.22. The van der Waals surface area contributed by atoms with Crippen molar-refractivity contribution in [3.8, 4) is 28.0 Å². The van der Waals surface area contributed by atoms with E-state index in [4.69, 9.17) is 23.4 Å². The average Bonchev–Trinajstić information content (AvgIpc) is 3.68. The molecule has 43 heavy (non-hydrogen) atoms. The second kappa shape index (κ2) is 12.2. The fourth-order valence-electron chi connectivity index (χ4n) is 5.59. The van der Waals surface area contributed by atoms with Gasteiger partial charge in [0.15, 0.2) is 0 Å². The molecule has 0 saturated carbocycles. The van der Waals surface area contributed by atoms with Crippen LogP contribution in [0, 0.1) is 13.8 Å². The number of methoxy groups -OCH3 is 2. The monoisotopic (exact) mass is 603 g/mol. The molecule has 0 aliphatic carbocycles. The van der Waals surface area contributed by atoms with E-state index in [-0.39, 0.29) is 12.6 Å². The first-order chi connectivity index (χ1) is 20.9. The van der Waals surface area contributed by atoms with Crippen LogP contribution in [-0.4, -0.2) is 47.7 Å². The van der Waals surface area contributed by atoms with Crippen molar-refractivity contribution in [3.63, 3.8) is 0 Å². The van der Waals surface area contributed by atoms with Crippen LogP contribution in [0.25, 0.3) is 26.7 Å². The molecule has 0 bridgehead atoms. The first-order valence-electron chi connectivity index (χ1n) is 14.1. The molecule has 224 valence electrons. The van der Waals surface area contributed by atoms with Gasteiger partial charge in [-0.05, 0) is 56.0 Å². The number of aromatic nitrogens is 3. The summed E-state index contributed by atoms with van der Waals surface area (Å²) in [5.41, 5.74) is 1.85. The zero-order chi connectivity index (χ0) is 30.1. The predicted molar refractivity (Wildman–Crippen MR) is 164 cm³/mol. The van der Waals surface area contributed by atoms with E-state index in [9.17, 15) is 9.59 Å². The number of hydrogen-bond acceptors (Lipinski definition) is 9. The number of nitrogens with zero attached hydrogens (tertiary/aromatic N) is 3. The fraction of sp³-hybridized carbons (Fsp3) is 0.344. The minimum atomic E-state index is -0.557. The lowest BCUT2D eigenvalue weighted by Crippen LogP contribution is -2.40. The molecule has 11 heteroatoms. The molecule has 0 radical (unpaired) electrons. The van der Waals surface area contributed by atoms with Gasteiger partial charge in [-0.1, -0.05) is 24.3 Å². The van der Waals surface area contributed by atoms with Gasteiger partial charge in [-0.2, -0.15) is 0 Å². The van der Waals surface area contributed by atoms with Crippen LogP contribution in [0.5, 0.6) is 11.5 Å². The Hall–Kier alpha value is -4.19. The third-order valence-electron chi connectivity index (χ3n) is 7.77. The molecule has 10 nitrogen and oxygen atoms in total. The van der Waals surface area contributed by atoms with Crippen LogP contribution in [0.4, 0.5) is 0 Å².